The molecule has 0 atom stereocenters. The second-order valence-corrected chi connectivity index (χ2v) is 5.04. The fourth-order valence-corrected chi connectivity index (χ4v) is 2.29. The fraction of sp³-hybridized carbons (Fsp3) is 0.571. The molecule has 1 amide bonds. The Morgan fingerprint density at radius 1 is 1.32 bits per heavy atom. The predicted molar refractivity (Wildman–Crippen MR) is 73.3 cm³/mol. The number of hydrogen-bond acceptors (Lipinski definition) is 3. The summed E-state index contributed by atoms with van der Waals surface area (Å²) in [5, 5.41) is 8.87. The van der Waals surface area contributed by atoms with Crippen LogP contribution in [0.1, 0.15) is 17.7 Å². The van der Waals surface area contributed by atoms with Crippen LogP contribution in [0, 0.1) is 6.92 Å². The van der Waals surface area contributed by atoms with Crippen molar-refractivity contribution >= 4 is 6.09 Å². The third-order valence-corrected chi connectivity index (χ3v) is 3.52. The van der Waals surface area contributed by atoms with Crippen LogP contribution in [0.25, 0.3) is 0 Å². The summed E-state index contributed by atoms with van der Waals surface area (Å²) in [4.78, 5) is 19.0. The standard InChI is InChI=1S/C14H21N3O2/c1-12-4-5-13(15-11-12)3-2-6-16-7-9-17(10-8-16)14(18)19/h4-5,11H,2-3,6-10H2,1H3,(H,18,19). The average molecular weight is 263 g/mol. The topological polar surface area (TPSA) is 56.7 Å². The van der Waals surface area contributed by atoms with E-state index in [1.165, 1.54) is 10.5 Å². The molecule has 0 unspecified atom stereocenters. The first-order valence-electron chi connectivity index (χ1n) is 6.77. The van der Waals surface area contributed by atoms with Gasteiger partial charge in [-0.05, 0) is 37.9 Å². The minimum Gasteiger partial charge on any atom is -0.465 e. The normalized spacial score (nSPS) is 16.6. The van der Waals surface area contributed by atoms with Crippen molar-refractivity contribution in [1.29, 1.82) is 0 Å². The van der Waals surface area contributed by atoms with E-state index in [1.54, 1.807) is 0 Å². The van der Waals surface area contributed by atoms with Gasteiger partial charge in [-0.25, -0.2) is 4.79 Å². The summed E-state index contributed by atoms with van der Waals surface area (Å²) in [5.74, 6) is 0. The summed E-state index contributed by atoms with van der Waals surface area (Å²) in [6.07, 6.45) is 3.16. The summed E-state index contributed by atoms with van der Waals surface area (Å²) < 4.78 is 0. The molecule has 1 aliphatic rings. The van der Waals surface area contributed by atoms with Crippen molar-refractivity contribution in [2.75, 3.05) is 32.7 Å². The molecule has 0 saturated carbocycles. The lowest BCUT2D eigenvalue weighted by molar-refractivity contribution is 0.105. The van der Waals surface area contributed by atoms with E-state index in [0.717, 1.165) is 38.2 Å². The number of amides is 1. The van der Waals surface area contributed by atoms with Crippen molar-refractivity contribution in [3.8, 4) is 0 Å². The van der Waals surface area contributed by atoms with Crippen LogP contribution in [0.3, 0.4) is 0 Å². The van der Waals surface area contributed by atoms with Crippen LogP contribution in [-0.4, -0.2) is 58.7 Å². The molecule has 2 heterocycles. The Hall–Kier alpha value is -1.62. The molecule has 5 nitrogen and oxygen atoms in total. The smallest absolute Gasteiger partial charge is 0.407 e. The van der Waals surface area contributed by atoms with Crippen molar-refractivity contribution in [2.24, 2.45) is 0 Å². The SMILES string of the molecule is Cc1ccc(CCCN2CCN(C(=O)O)CC2)nc1. The number of piperazine rings is 1. The first kappa shape index (κ1) is 13.8. The maximum atomic E-state index is 10.8. The highest BCUT2D eigenvalue weighted by Crippen LogP contribution is 2.06. The third-order valence-electron chi connectivity index (χ3n) is 3.52. The summed E-state index contributed by atoms with van der Waals surface area (Å²) in [5.41, 5.74) is 2.32. The van der Waals surface area contributed by atoms with E-state index < -0.39 is 6.09 Å². The Morgan fingerprint density at radius 2 is 2.05 bits per heavy atom. The highest BCUT2D eigenvalue weighted by atomic mass is 16.4. The molecule has 0 aliphatic carbocycles. The lowest BCUT2D eigenvalue weighted by Gasteiger charge is -2.32. The maximum Gasteiger partial charge on any atom is 0.407 e. The van der Waals surface area contributed by atoms with Gasteiger partial charge in [0.1, 0.15) is 0 Å². The van der Waals surface area contributed by atoms with Crippen LogP contribution in [0.5, 0.6) is 0 Å². The van der Waals surface area contributed by atoms with Gasteiger partial charge in [0.15, 0.2) is 0 Å². The van der Waals surface area contributed by atoms with E-state index in [0.29, 0.717) is 13.1 Å². The molecule has 1 aromatic heterocycles. The van der Waals surface area contributed by atoms with Crippen molar-refractivity contribution in [3.05, 3.63) is 29.6 Å². The zero-order chi connectivity index (χ0) is 13.7. The second-order valence-electron chi connectivity index (χ2n) is 5.04. The van der Waals surface area contributed by atoms with Crippen LogP contribution in [0.2, 0.25) is 0 Å². The fourth-order valence-electron chi connectivity index (χ4n) is 2.29. The summed E-state index contributed by atoms with van der Waals surface area (Å²) >= 11 is 0. The highest BCUT2D eigenvalue weighted by molar-refractivity contribution is 5.65. The van der Waals surface area contributed by atoms with Crippen molar-refractivity contribution in [2.45, 2.75) is 19.8 Å². The molecule has 0 spiro atoms. The molecule has 104 valence electrons. The molecule has 1 aromatic rings. The molecule has 19 heavy (non-hydrogen) atoms. The number of hydrogen-bond donors (Lipinski definition) is 1. The molecule has 0 bridgehead atoms. The van der Waals surface area contributed by atoms with Gasteiger partial charge < -0.3 is 10.0 Å². The molecule has 1 saturated heterocycles. The first-order valence-corrected chi connectivity index (χ1v) is 6.77. The van der Waals surface area contributed by atoms with Gasteiger partial charge in [0, 0.05) is 38.1 Å². The minimum absolute atomic E-state index is 0.623. The molecule has 2 rings (SSSR count). The maximum absolute atomic E-state index is 10.8. The zero-order valence-electron chi connectivity index (χ0n) is 11.4. The number of rotatable bonds is 4. The minimum atomic E-state index is -0.802. The van der Waals surface area contributed by atoms with Gasteiger partial charge >= 0.3 is 6.09 Å². The average Bonchev–Trinajstić information content (AvgIpc) is 2.41. The van der Waals surface area contributed by atoms with E-state index in [1.807, 2.05) is 13.1 Å². The summed E-state index contributed by atoms with van der Waals surface area (Å²) in [6, 6.07) is 4.17. The highest BCUT2D eigenvalue weighted by Gasteiger charge is 2.19. The van der Waals surface area contributed by atoms with E-state index in [4.69, 9.17) is 5.11 Å². The van der Waals surface area contributed by atoms with Gasteiger partial charge in [-0.15, -0.1) is 0 Å². The number of pyridine rings is 1. The molecular formula is C14H21N3O2. The van der Waals surface area contributed by atoms with E-state index in [9.17, 15) is 4.79 Å². The van der Waals surface area contributed by atoms with E-state index in [-0.39, 0.29) is 0 Å². The third kappa shape index (κ3) is 4.21. The predicted octanol–water partition coefficient (Wildman–Crippen LogP) is 1.62. The van der Waals surface area contributed by atoms with Crippen molar-refractivity contribution < 1.29 is 9.90 Å². The van der Waals surface area contributed by atoms with E-state index >= 15 is 0 Å². The Kier molecular flexibility index (Phi) is 4.74. The number of nitrogens with zero attached hydrogens (tertiary/aromatic N) is 3. The van der Waals surface area contributed by atoms with Gasteiger partial charge in [-0.1, -0.05) is 6.07 Å². The molecule has 0 radical (unpaired) electrons. The summed E-state index contributed by atoms with van der Waals surface area (Å²) in [7, 11) is 0. The second kappa shape index (κ2) is 6.52. The summed E-state index contributed by atoms with van der Waals surface area (Å²) in [6.45, 7) is 5.99. The van der Waals surface area contributed by atoms with Crippen LogP contribution in [0.15, 0.2) is 18.3 Å². The van der Waals surface area contributed by atoms with Crippen molar-refractivity contribution in [3.63, 3.8) is 0 Å². The lowest BCUT2D eigenvalue weighted by atomic mass is 10.2. The molecular weight excluding hydrogens is 242 g/mol. The molecule has 1 N–H and O–H groups in total. The van der Waals surface area contributed by atoms with Crippen molar-refractivity contribution in [1.82, 2.24) is 14.8 Å². The molecule has 1 aliphatic heterocycles. The van der Waals surface area contributed by atoms with Crippen LogP contribution in [0.4, 0.5) is 4.79 Å². The molecule has 0 aromatic carbocycles. The Labute approximate surface area is 113 Å². The number of aryl methyl sites for hydroxylation is 2. The lowest BCUT2D eigenvalue weighted by Crippen LogP contribution is -2.48. The van der Waals surface area contributed by atoms with Crippen LogP contribution in [-0.2, 0) is 6.42 Å². The Bertz CT molecular complexity index is 411. The number of aromatic nitrogens is 1. The first-order chi connectivity index (χ1) is 9.15. The van der Waals surface area contributed by atoms with E-state index in [2.05, 4.69) is 22.0 Å². The Balaban J connectivity index is 1.67. The molecule has 1 fully saturated rings. The van der Waals surface area contributed by atoms with Gasteiger partial charge in [0.05, 0.1) is 0 Å². The monoisotopic (exact) mass is 263 g/mol. The number of carboxylic acid groups (broad SMARTS) is 1. The van der Waals surface area contributed by atoms with Gasteiger partial charge in [0.25, 0.3) is 0 Å². The Morgan fingerprint density at radius 3 is 2.63 bits per heavy atom. The van der Waals surface area contributed by atoms with Crippen LogP contribution < -0.4 is 0 Å². The quantitative estimate of drug-likeness (QED) is 0.897. The largest absolute Gasteiger partial charge is 0.465 e. The molecule has 5 heteroatoms. The number of carbonyl (C=O) groups is 1. The van der Waals surface area contributed by atoms with Gasteiger partial charge in [0.2, 0.25) is 0 Å². The van der Waals surface area contributed by atoms with Gasteiger partial charge in [-0.2, -0.15) is 0 Å². The van der Waals surface area contributed by atoms with Crippen LogP contribution >= 0.6 is 0 Å². The van der Waals surface area contributed by atoms with Gasteiger partial charge in [-0.3, -0.25) is 9.88 Å². The zero-order valence-corrected chi connectivity index (χ0v) is 11.4.